The fraction of sp³-hybridized carbons (Fsp3) is 0.588. The molecule has 0 spiro atoms. The van der Waals surface area contributed by atoms with Crippen molar-refractivity contribution in [1.29, 1.82) is 0 Å². The fourth-order valence-electron chi connectivity index (χ4n) is 3.11. The van der Waals surface area contributed by atoms with Gasteiger partial charge in [0.1, 0.15) is 0 Å². The molecule has 2 aliphatic heterocycles. The summed E-state index contributed by atoms with van der Waals surface area (Å²) >= 11 is 1.99. The maximum atomic E-state index is 12.2. The van der Waals surface area contributed by atoms with Crippen LogP contribution in [0.25, 0.3) is 0 Å². The van der Waals surface area contributed by atoms with Crippen molar-refractivity contribution >= 4 is 17.7 Å². The van der Waals surface area contributed by atoms with Gasteiger partial charge in [-0.05, 0) is 18.9 Å². The predicted octanol–water partition coefficient (Wildman–Crippen LogP) is 1.82. The minimum absolute atomic E-state index is 0.123. The van der Waals surface area contributed by atoms with Gasteiger partial charge in [-0.1, -0.05) is 29.8 Å². The zero-order chi connectivity index (χ0) is 15.4. The van der Waals surface area contributed by atoms with E-state index in [2.05, 4.69) is 41.4 Å². The molecule has 22 heavy (non-hydrogen) atoms. The summed E-state index contributed by atoms with van der Waals surface area (Å²) in [5.41, 5.74) is 2.39. The van der Waals surface area contributed by atoms with E-state index in [1.165, 1.54) is 5.56 Å². The van der Waals surface area contributed by atoms with Gasteiger partial charge < -0.3 is 10.1 Å². The molecule has 0 aromatic heterocycles. The van der Waals surface area contributed by atoms with Crippen LogP contribution in [0, 0.1) is 6.92 Å². The van der Waals surface area contributed by atoms with E-state index in [0.29, 0.717) is 24.4 Å². The summed E-state index contributed by atoms with van der Waals surface area (Å²) in [4.78, 5) is 14.6. The Kier molecular flexibility index (Phi) is 5.39. The van der Waals surface area contributed by atoms with E-state index in [-0.39, 0.29) is 5.91 Å². The summed E-state index contributed by atoms with van der Waals surface area (Å²) in [5.74, 6) is 1.22. The molecule has 120 valence electrons. The lowest BCUT2D eigenvalue weighted by atomic mass is 10.1. The van der Waals surface area contributed by atoms with Crippen LogP contribution < -0.4 is 5.32 Å². The maximum Gasteiger partial charge on any atom is 0.234 e. The second-order valence-corrected chi connectivity index (χ2v) is 7.42. The van der Waals surface area contributed by atoms with E-state index in [0.717, 1.165) is 37.5 Å². The Morgan fingerprint density at radius 3 is 3.05 bits per heavy atom. The molecular weight excluding hydrogens is 296 g/mol. The molecule has 0 aliphatic carbocycles. The number of carbonyl (C=O) groups is 1. The largest absolute Gasteiger partial charge is 0.380 e. The number of nitrogens with one attached hydrogen (secondary N) is 1. The minimum atomic E-state index is 0.123. The highest BCUT2D eigenvalue weighted by Gasteiger charge is 2.35. The number of aryl methyl sites for hydroxylation is 1. The molecule has 2 saturated heterocycles. The zero-order valence-corrected chi connectivity index (χ0v) is 13.9. The molecule has 1 aromatic carbocycles. The number of fused-ring (bicyclic) bond motifs is 1. The van der Waals surface area contributed by atoms with Crippen molar-refractivity contribution in [3.63, 3.8) is 0 Å². The number of ether oxygens (including phenoxy) is 1. The molecule has 1 amide bonds. The van der Waals surface area contributed by atoms with Gasteiger partial charge in [-0.3, -0.25) is 9.69 Å². The highest BCUT2D eigenvalue weighted by Crippen LogP contribution is 2.29. The van der Waals surface area contributed by atoms with E-state index < -0.39 is 0 Å². The quantitative estimate of drug-likeness (QED) is 0.919. The van der Waals surface area contributed by atoms with Crippen molar-refractivity contribution in [2.45, 2.75) is 31.2 Å². The van der Waals surface area contributed by atoms with Crippen molar-refractivity contribution < 1.29 is 9.53 Å². The standard InChI is InChI=1S/C17H24N2O2S/c1-13-2-4-14(5-3-13)10-18-17(20)11-19-7-9-22-16-12-21-8-6-15(16)19/h2-5,15-16H,6-12H2,1H3,(H,18,20)/t15-,16+/m0/s1. The van der Waals surface area contributed by atoms with Gasteiger partial charge in [0.25, 0.3) is 0 Å². The molecule has 1 N–H and O–H groups in total. The second kappa shape index (κ2) is 7.49. The lowest BCUT2D eigenvalue weighted by molar-refractivity contribution is -0.123. The van der Waals surface area contributed by atoms with Gasteiger partial charge in [0.05, 0.1) is 13.2 Å². The molecular formula is C17H24N2O2S. The minimum Gasteiger partial charge on any atom is -0.380 e. The van der Waals surface area contributed by atoms with E-state index >= 15 is 0 Å². The van der Waals surface area contributed by atoms with Crippen LogP contribution in [0.2, 0.25) is 0 Å². The first-order valence-electron chi connectivity index (χ1n) is 7.98. The number of rotatable bonds is 4. The van der Waals surface area contributed by atoms with Crippen LogP contribution in [0.1, 0.15) is 17.5 Å². The normalized spacial score (nSPS) is 25.5. The molecule has 2 heterocycles. The smallest absolute Gasteiger partial charge is 0.234 e. The summed E-state index contributed by atoms with van der Waals surface area (Å²) < 4.78 is 5.56. The molecule has 3 rings (SSSR count). The van der Waals surface area contributed by atoms with Crippen LogP contribution in [-0.2, 0) is 16.1 Å². The molecule has 0 unspecified atom stereocenters. The molecule has 0 bridgehead atoms. The van der Waals surface area contributed by atoms with Crippen LogP contribution in [0.15, 0.2) is 24.3 Å². The fourth-order valence-corrected chi connectivity index (χ4v) is 4.47. The van der Waals surface area contributed by atoms with E-state index in [4.69, 9.17) is 4.74 Å². The van der Waals surface area contributed by atoms with Crippen LogP contribution in [0.4, 0.5) is 0 Å². The molecule has 0 radical (unpaired) electrons. The summed E-state index contributed by atoms with van der Waals surface area (Å²) in [5, 5.41) is 3.58. The highest BCUT2D eigenvalue weighted by atomic mass is 32.2. The van der Waals surface area contributed by atoms with Gasteiger partial charge in [-0.2, -0.15) is 11.8 Å². The third-order valence-electron chi connectivity index (χ3n) is 4.41. The monoisotopic (exact) mass is 320 g/mol. The zero-order valence-electron chi connectivity index (χ0n) is 13.1. The summed E-state index contributed by atoms with van der Waals surface area (Å²) in [6, 6.07) is 8.80. The highest BCUT2D eigenvalue weighted by molar-refractivity contribution is 8.00. The van der Waals surface area contributed by atoms with Gasteiger partial charge in [0.15, 0.2) is 0 Å². The lowest BCUT2D eigenvalue weighted by Gasteiger charge is -2.43. The Morgan fingerprint density at radius 1 is 1.41 bits per heavy atom. The average molecular weight is 320 g/mol. The lowest BCUT2D eigenvalue weighted by Crippen LogP contribution is -2.54. The first kappa shape index (κ1) is 15.8. The van der Waals surface area contributed by atoms with Gasteiger partial charge in [0.2, 0.25) is 5.91 Å². The number of benzene rings is 1. The van der Waals surface area contributed by atoms with Gasteiger partial charge in [0, 0.05) is 36.7 Å². The molecule has 5 heteroatoms. The molecule has 0 saturated carbocycles. The summed E-state index contributed by atoms with van der Waals surface area (Å²) in [7, 11) is 0. The third-order valence-corrected chi connectivity index (χ3v) is 5.70. The van der Waals surface area contributed by atoms with Gasteiger partial charge >= 0.3 is 0 Å². The summed E-state index contributed by atoms with van der Waals surface area (Å²) in [6.07, 6.45) is 1.04. The van der Waals surface area contributed by atoms with Crippen molar-refractivity contribution in [2.75, 3.05) is 32.1 Å². The first-order valence-corrected chi connectivity index (χ1v) is 9.03. The van der Waals surface area contributed by atoms with Gasteiger partial charge in [-0.15, -0.1) is 0 Å². The Balaban J connectivity index is 1.49. The van der Waals surface area contributed by atoms with Gasteiger partial charge in [-0.25, -0.2) is 0 Å². The van der Waals surface area contributed by atoms with Crippen LogP contribution in [0.3, 0.4) is 0 Å². The van der Waals surface area contributed by atoms with Crippen molar-refractivity contribution in [1.82, 2.24) is 10.2 Å². The van der Waals surface area contributed by atoms with Crippen LogP contribution in [-0.4, -0.2) is 54.2 Å². The number of carbonyl (C=O) groups excluding carboxylic acids is 1. The van der Waals surface area contributed by atoms with Crippen molar-refractivity contribution in [3.05, 3.63) is 35.4 Å². The average Bonchev–Trinajstić information content (AvgIpc) is 2.55. The number of hydrogen-bond donors (Lipinski definition) is 1. The first-order chi connectivity index (χ1) is 10.7. The SMILES string of the molecule is Cc1ccc(CNC(=O)CN2CCS[C@@H]3COCC[C@@H]32)cc1. The Hall–Kier alpha value is -1.04. The number of amides is 1. The summed E-state index contributed by atoms with van der Waals surface area (Å²) in [6.45, 7) is 5.84. The maximum absolute atomic E-state index is 12.2. The number of nitrogens with zero attached hydrogens (tertiary/aromatic N) is 1. The number of hydrogen-bond acceptors (Lipinski definition) is 4. The van der Waals surface area contributed by atoms with E-state index in [9.17, 15) is 4.79 Å². The Bertz CT molecular complexity index is 504. The van der Waals surface area contributed by atoms with Crippen molar-refractivity contribution in [3.8, 4) is 0 Å². The van der Waals surface area contributed by atoms with Crippen LogP contribution >= 0.6 is 11.8 Å². The molecule has 2 atom stereocenters. The number of thioether (sulfide) groups is 1. The second-order valence-electron chi connectivity index (χ2n) is 6.07. The third kappa shape index (κ3) is 4.03. The van der Waals surface area contributed by atoms with E-state index in [1.54, 1.807) is 0 Å². The van der Waals surface area contributed by atoms with Crippen molar-refractivity contribution in [2.24, 2.45) is 0 Å². The van der Waals surface area contributed by atoms with E-state index in [1.807, 2.05) is 11.8 Å². The Labute approximate surface area is 136 Å². The topological polar surface area (TPSA) is 41.6 Å². The molecule has 1 aromatic rings. The predicted molar refractivity (Wildman–Crippen MR) is 90.1 cm³/mol. The van der Waals surface area contributed by atoms with Crippen LogP contribution in [0.5, 0.6) is 0 Å². The molecule has 4 nitrogen and oxygen atoms in total. The Morgan fingerprint density at radius 2 is 2.23 bits per heavy atom. The molecule has 2 aliphatic rings. The molecule has 2 fully saturated rings.